The van der Waals surface area contributed by atoms with Crippen LogP contribution in [-0.4, -0.2) is 58.4 Å². The number of aliphatic imine (C=N–C) groups is 1. The molecule has 8 heteroatoms. The van der Waals surface area contributed by atoms with E-state index in [2.05, 4.69) is 27.9 Å². The third kappa shape index (κ3) is 11.5. The zero-order valence-corrected chi connectivity index (χ0v) is 19.7. The van der Waals surface area contributed by atoms with E-state index in [1.807, 2.05) is 31.2 Å². The number of rotatable bonds is 12. The molecule has 0 fully saturated rings. The zero-order valence-electron chi connectivity index (χ0n) is 17.4. The fraction of sp³-hybridized carbons (Fsp3) is 0.600. The highest BCUT2D eigenvalue weighted by atomic mass is 127. The van der Waals surface area contributed by atoms with E-state index >= 15 is 0 Å². The van der Waals surface area contributed by atoms with Crippen LogP contribution in [0.1, 0.15) is 42.6 Å². The molecule has 1 rings (SSSR count). The lowest BCUT2D eigenvalue weighted by Crippen LogP contribution is -2.37. The Morgan fingerprint density at radius 3 is 2.46 bits per heavy atom. The van der Waals surface area contributed by atoms with Crippen LogP contribution >= 0.6 is 24.0 Å². The normalized spacial score (nSPS) is 12.1. The molecule has 0 spiro atoms. The van der Waals surface area contributed by atoms with E-state index in [0.717, 1.165) is 30.9 Å². The molecule has 0 radical (unpaired) electrons. The Morgan fingerprint density at radius 2 is 1.86 bits per heavy atom. The number of carbonyl (C=O) groups is 1. The van der Waals surface area contributed by atoms with Crippen LogP contribution in [0.5, 0.6) is 0 Å². The summed E-state index contributed by atoms with van der Waals surface area (Å²) in [6.07, 6.45) is 1.81. The summed E-state index contributed by atoms with van der Waals surface area (Å²) < 4.78 is 10.4. The molecule has 0 heterocycles. The molecule has 1 aromatic carbocycles. The van der Waals surface area contributed by atoms with Crippen molar-refractivity contribution in [2.75, 3.05) is 40.5 Å². The van der Waals surface area contributed by atoms with Gasteiger partial charge in [-0.05, 0) is 37.5 Å². The molecular formula is C20H35IN4O3. The Balaban J connectivity index is 0.00000729. The maximum absolute atomic E-state index is 12.1. The van der Waals surface area contributed by atoms with Crippen molar-refractivity contribution in [2.45, 2.75) is 39.3 Å². The van der Waals surface area contributed by atoms with Gasteiger partial charge in [0.25, 0.3) is 5.91 Å². The number of hydrogen-bond acceptors (Lipinski definition) is 4. The predicted octanol–water partition coefficient (Wildman–Crippen LogP) is 2.55. The van der Waals surface area contributed by atoms with E-state index in [4.69, 9.17) is 9.47 Å². The summed E-state index contributed by atoms with van der Waals surface area (Å²) in [5.74, 6) is 0.708. The highest BCUT2D eigenvalue weighted by Crippen LogP contribution is 2.05. The zero-order chi connectivity index (χ0) is 19.9. The Morgan fingerprint density at radius 1 is 1.14 bits per heavy atom. The molecule has 0 aliphatic carbocycles. The summed E-state index contributed by atoms with van der Waals surface area (Å²) >= 11 is 0. The van der Waals surface area contributed by atoms with Gasteiger partial charge in [0.15, 0.2) is 5.96 Å². The second-order valence-electron chi connectivity index (χ2n) is 6.29. The van der Waals surface area contributed by atoms with Crippen molar-refractivity contribution in [3.8, 4) is 0 Å². The van der Waals surface area contributed by atoms with Crippen LogP contribution in [0, 0.1) is 0 Å². The van der Waals surface area contributed by atoms with Gasteiger partial charge in [-0.1, -0.05) is 19.1 Å². The molecule has 3 N–H and O–H groups in total. The van der Waals surface area contributed by atoms with Crippen molar-refractivity contribution >= 4 is 35.8 Å². The summed E-state index contributed by atoms with van der Waals surface area (Å²) in [4.78, 5) is 16.3. The molecule has 0 bridgehead atoms. The standard InChI is InChI=1S/C20H34N4O3.HI/c1-5-16(2)24-19(25)18-9-7-17(8-10-18)15-23-20(21-3)22-11-6-12-27-14-13-26-4;/h7-10,16H,5-6,11-15H2,1-4H3,(H,24,25)(H2,21,22,23);1H. The number of benzene rings is 1. The van der Waals surface area contributed by atoms with Gasteiger partial charge in [0.2, 0.25) is 0 Å². The summed E-state index contributed by atoms with van der Waals surface area (Å²) in [5.41, 5.74) is 1.76. The maximum atomic E-state index is 12.1. The van der Waals surface area contributed by atoms with Gasteiger partial charge in [-0.3, -0.25) is 9.79 Å². The Hall–Kier alpha value is -1.39. The van der Waals surface area contributed by atoms with Gasteiger partial charge in [0, 0.05) is 45.5 Å². The van der Waals surface area contributed by atoms with Crippen molar-refractivity contribution in [3.05, 3.63) is 35.4 Å². The summed E-state index contributed by atoms with van der Waals surface area (Å²) in [7, 11) is 3.41. The van der Waals surface area contributed by atoms with Gasteiger partial charge in [0.05, 0.1) is 13.2 Å². The fourth-order valence-corrected chi connectivity index (χ4v) is 2.21. The number of hydrogen-bond donors (Lipinski definition) is 3. The first-order valence-corrected chi connectivity index (χ1v) is 9.51. The molecule has 160 valence electrons. The maximum Gasteiger partial charge on any atom is 0.251 e. The number of carbonyl (C=O) groups excluding carboxylic acids is 1. The van der Waals surface area contributed by atoms with Crippen LogP contribution in [0.15, 0.2) is 29.3 Å². The highest BCUT2D eigenvalue weighted by molar-refractivity contribution is 14.0. The fourth-order valence-electron chi connectivity index (χ4n) is 2.21. The molecular weight excluding hydrogens is 471 g/mol. The molecule has 1 atom stereocenters. The van der Waals surface area contributed by atoms with Crippen molar-refractivity contribution in [1.82, 2.24) is 16.0 Å². The minimum Gasteiger partial charge on any atom is -0.382 e. The Bertz CT molecular complexity index is 567. The van der Waals surface area contributed by atoms with E-state index in [0.29, 0.717) is 31.9 Å². The number of ether oxygens (including phenoxy) is 2. The predicted molar refractivity (Wildman–Crippen MR) is 125 cm³/mol. The van der Waals surface area contributed by atoms with Gasteiger partial charge >= 0.3 is 0 Å². The molecule has 0 aromatic heterocycles. The summed E-state index contributed by atoms with van der Waals surface area (Å²) in [5, 5.41) is 9.48. The average Bonchev–Trinajstić information content (AvgIpc) is 2.69. The number of nitrogens with zero attached hydrogens (tertiary/aromatic N) is 1. The van der Waals surface area contributed by atoms with E-state index in [9.17, 15) is 4.79 Å². The van der Waals surface area contributed by atoms with Crippen LogP contribution in [0.4, 0.5) is 0 Å². The first-order chi connectivity index (χ1) is 13.1. The van der Waals surface area contributed by atoms with Crippen LogP contribution < -0.4 is 16.0 Å². The third-order valence-corrected chi connectivity index (χ3v) is 4.08. The third-order valence-electron chi connectivity index (χ3n) is 4.08. The second kappa shape index (κ2) is 16.6. The molecule has 1 unspecified atom stereocenters. The number of guanidine groups is 1. The molecule has 1 aromatic rings. The quantitative estimate of drug-likeness (QED) is 0.176. The van der Waals surface area contributed by atoms with Crippen molar-refractivity contribution < 1.29 is 14.3 Å². The van der Waals surface area contributed by atoms with Crippen LogP contribution in [0.2, 0.25) is 0 Å². The molecule has 1 amide bonds. The SMILES string of the molecule is CCC(C)NC(=O)c1ccc(CNC(=NC)NCCCOCCOC)cc1.I. The van der Waals surface area contributed by atoms with E-state index < -0.39 is 0 Å². The van der Waals surface area contributed by atoms with E-state index in [1.165, 1.54) is 0 Å². The Labute approximate surface area is 186 Å². The largest absolute Gasteiger partial charge is 0.382 e. The number of methoxy groups -OCH3 is 1. The van der Waals surface area contributed by atoms with Crippen LogP contribution in [-0.2, 0) is 16.0 Å². The van der Waals surface area contributed by atoms with Crippen LogP contribution in [0.25, 0.3) is 0 Å². The first kappa shape index (κ1) is 26.6. The van der Waals surface area contributed by atoms with Gasteiger partial charge in [0.1, 0.15) is 0 Å². The first-order valence-electron chi connectivity index (χ1n) is 9.51. The van der Waals surface area contributed by atoms with Gasteiger partial charge < -0.3 is 25.4 Å². The minimum atomic E-state index is -0.0333. The molecule has 0 aliphatic heterocycles. The average molecular weight is 506 g/mol. The molecule has 0 saturated heterocycles. The highest BCUT2D eigenvalue weighted by Gasteiger charge is 2.08. The smallest absolute Gasteiger partial charge is 0.251 e. The van der Waals surface area contributed by atoms with Gasteiger partial charge in [-0.15, -0.1) is 24.0 Å². The number of nitrogens with one attached hydrogen (secondary N) is 3. The van der Waals surface area contributed by atoms with Crippen molar-refractivity contribution in [3.63, 3.8) is 0 Å². The lowest BCUT2D eigenvalue weighted by atomic mass is 10.1. The summed E-state index contributed by atoms with van der Waals surface area (Å²) in [6, 6.07) is 7.79. The second-order valence-corrected chi connectivity index (χ2v) is 6.29. The minimum absolute atomic E-state index is 0. The monoisotopic (exact) mass is 506 g/mol. The van der Waals surface area contributed by atoms with Crippen molar-refractivity contribution in [1.29, 1.82) is 0 Å². The molecule has 0 saturated carbocycles. The van der Waals surface area contributed by atoms with Crippen molar-refractivity contribution in [2.24, 2.45) is 4.99 Å². The topological polar surface area (TPSA) is 84.0 Å². The number of amides is 1. The number of halogens is 1. The van der Waals surface area contributed by atoms with Gasteiger partial charge in [-0.2, -0.15) is 0 Å². The molecule has 28 heavy (non-hydrogen) atoms. The van der Waals surface area contributed by atoms with E-state index in [-0.39, 0.29) is 35.9 Å². The molecule has 7 nitrogen and oxygen atoms in total. The van der Waals surface area contributed by atoms with E-state index in [1.54, 1.807) is 14.2 Å². The molecule has 0 aliphatic rings. The van der Waals surface area contributed by atoms with Gasteiger partial charge in [-0.25, -0.2) is 0 Å². The lowest BCUT2D eigenvalue weighted by molar-refractivity contribution is 0.0698. The summed E-state index contributed by atoms with van der Waals surface area (Å²) in [6.45, 7) is 7.39. The van der Waals surface area contributed by atoms with Crippen LogP contribution in [0.3, 0.4) is 0 Å². The Kier molecular flexibility index (Phi) is 15.7. The lowest BCUT2D eigenvalue weighted by Gasteiger charge is -2.13.